The van der Waals surface area contributed by atoms with Crippen molar-refractivity contribution in [3.8, 4) is 0 Å². The molecule has 0 radical (unpaired) electrons. The van der Waals surface area contributed by atoms with Crippen LogP contribution in [0.15, 0.2) is 95.0 Å². The topological polar surface area (TPSA) is 60.7 Å². The molecule has 39 heavy (non-hydrogen) atoms. The molecule has 7 heteroatoms. The van der Waals surface area contributed by atoms with Crippen LogP contribution in [-0.4, -0.2) is 27.8 Å². The Labute approximate surface area is 236 Å². The first-order valence-electron chi connectivity index (χ1n) is 12.6. The number of ketones is 1. The maximum absolute atomic E-state index is 13.4. The lowest BCUT2D eigenvalue weighted by Crippen LogP contribution is -2.07. The minimum absolute atomic E-state index is 0.0000253. The Balaban J connectivity index is 1.59. The van der Waals surface area contributed by atoms with Gasteiger partial charge in [-0.2, -0.15) is 0 Å². The van der Waals surface area contributed by atoms with Crippen molar-refractivity contribution in [2.24, 2.45) is 5.16 Å². The number of nitrogens with zero attached hydrogens (tertiary/aromatic N) is 2. The summed E-state index contributed by atoms with van der Waals surface area (Å²) < 4.78 is 2.24. The third-order valence-corrected chi connectivity index (χ3v) is 7.92. The van der Waals surface area contributed by atoms with Crippen molar-refractivity contribution in [1.29, 1.82) is 0 Å². The molecule has 0 saturated heterocycles. The van der Waals surface area contributed by atoms with Gasteiger partial charge in [0.2, 0.25) is 0 Å². The molecule has 0 fully saturated rings. The summed E-state index contributed by atoms with van der Waals surface area (Å²) in [4.78, 5) is 31.1. The van der Waals surface area contributed by atoms with Crippen LogP contribution >= 0.6 is 23.4 Å². The zero-order valence-corrected chi connectivity index (χ0v) is 23.5. The average molecular weight is 555 g/mol. The molecule has 5 nitrogen and oxygen atoms in total. The van der Waals surface area contributed by atoms with Crippen LogP contribution in [0.2, 0.25) is 5.02 Å². The van der Waals surface area contributed by atoms with Crippen molar-refractivity contribution in [2.75, 3.05) is 5.75 Å². The van der Waals surface area contributed by atoms with E-state index in [1.165, 1.54) is 6.92 Å². The first-order valence-corrected chi connectivity index (χ1v) is 14.0. The summed E-state index contributed by atoms with van der Waals surface area (Å²) in [6.07, 6.45) is 0. The van der Waals surface area contributed by atoms with Crippen LogP contribution in [0.5, 0.6) is 0 Å². The second-order valence-corrected chi connectivity index (χ2v) is 10.7. The molecule has 0 amide bonds. The molecule has 0 unspecified atom stereocenters. The van der Waals surface area contributed by atoms with Crippen molar-refractivity contribution in [1.82, 2.24) is 4.57 Å². The summed E-state index contributed by atoms with van der Waals surface area (Å²) >= 11 is 7.61. The molecule has 5 rings (SSSR count). The smallest absolute Gasteiger partial charge is 0.331 e. The van der Waals surface area contributed by atoms with Gasteiger partial charge < -0.3 is 9.40 Å². The molecule has 0 atom stereocenters. The fraction of sp³-hybridized carbons (Fsp3) is 0.156. The Morgan fingerprint density at radius 2 is 1.54 bits per heavy atom. The molecule has 5 aromatic rings. The molecule has 196 valence electrons. The number of aromatic nitrogens is 1. The third kappa shape index (κ3) is 5.63. The van der Waals surface area contributed by atoms with E-state index >= 15 is 0 Å². The maximum Gasteiger partial charge on any atom is 0.331 e. The van der Waals surface area contributed by atoms with E-state index in [-0.39, 0.29) is 5.78 Å². The van der Waals surface area contributed by atoms with Crippen LogP contribution < -0.4 is 0 Å². The van der Waals surface area contributed by atoms with Crippen LogP contribution in [0, 0.1) is 6.92 Å². The number of hydrogen-bond acceptors (Lipinski definition) is 5. The van der Waals surface area contributed by atoms with Gasteiger partial charge >= 0.3 is 5.97 Å². The highest BCUT2D eigenvalue weighted by Gasteiger charge is 2.17. The van der Waals surface area contributed by atoms with Crippen molar-refractivity contribution in [3.05, 3.63) is 112 Å². The van der Waals surface area contributed by atoms with E-state index in [9.17, 15) is 9.59 Å². The van der Waals surface area contributed by atoms with E-state index in [0.29, 0.717) is 27.6 Å². The lowest BCUT2D eigenvalue weighted by atomic mass is 9.97. The molecule has 0 aliphatic carbocycles. The van der Waals surface area contributed by atoms with Gasteiger partial charge in [0.15, 0.2) is 5.78 Å². The number of carbonyl (C=O) groups is 2. The second-order valence-electron chi connectivity index (χ2n) is 9.22. The van der Waals surface area contributed by atoms with Gasteiger partial charge in [0.25, 0.3) is 0 Å². The molecule has 0 spiro atoms. The van der Waals surface area contributed by atoms with Gasteiger partial charge in [-0.25, -0.2) is 4.79 Å². The molecule has 0 N–H and O–H groups in total. The zero-order valence-electron chi connectivity index (χ0n) is 21.9. The fourth-order valence-corrected chi connectivity index (χ4v) is 5.69. The Kier molecular flexibility index (Phi) is 7.87. The number of benzene rings is 4. The summed E-state index contributed by atoms with van der Waals surface area (Å²) in [5.41, 5.74) is 5.89. The highest BCUT2D eigenvalue weighted by atomic mass is 35.5. The van der Waals surface area contributed by atoms with Gasteiger partial charge in [0, 0.05) is 67.6 Å². The number of hydrogen-bond donors (Lipinski definition) is 0. The van der Waals surface area contributed by atoms with E-state index in [2.05, 4.69) is 28.8 Å². The number of aryl methyl sites for hydroxylation is 2. The summed E-state index contributed by atoms with van der Waals surface area (Å²) in [6, 6.07) is 27.2. The second kappa shape index (κ2) is 11.5. The number of carbonyl (C=O) groups excluding carboxylic acids is 2. The van der Waals surface area contributed by atoms with E-state index in [4.69, 9.17) is 16.4 Å². The number of oxime groups is 1. The molecular formula is C32H27ClN2O3S. The number of fused-ring (bicyclic) bond motifs is 3. The number of rotatable bonds is 8. The summed E-state index contributed by atoms with van der Waals surface area (Å²) in [5.74, 6) is 0.0103. The van der Waals surface area contributed by atoms with E-state index in [1.807, 2.05) is 79.7 Å². The Morgan fingerprint density at radius 3 is 2.18 bits per heavy atom. The Hall–Kier alpha value is -3.87. The molecule has 1 heterocycles. The van der Waals surface area contributed by atoms with E-state index in [0.717, 1.165) is 44.4 Å². The SMILES string of the molecule is CCn1c2ccc(C(=O)c3ccccc3C)cc2c2cc(/C(CSc3ccc(Cl)cc3)=N/OC(C)=O)ccc21. The molecule has 4 aromatic carbocycles. The zero-order chi connectivity index (χ0) is 27.5. The molecule has 1 aromatic heterocycles. The van der Waals surface area contributed by atoms with Crippen molar-refractivity contribution in [2.45, 2.75) is 32.2 Å². The lowest BCUT2D eigenvalue weighted by molar-refractivity contribution is -0.140. The van der Waals surface area contributed by atoms with Crippen LogP contribution in [0.25, 0.3) is 21.8 Å². The van der Waals surface area contributed by atoms with Gasteiger partial charge in [-0.1, -0.05) is 47.1 Å². The fourth-order valence-electron chi connectivity index (χ4n) is 4.71. The van der Waals surface area contributed by atoms with Crippen LogP contribution in [0.3, 0.4) is 0 Å². The quantitative estimate of drug-likeness (QED) is 0.0639. The standard InChI is InChI=1S/C32H27ClN2O3S/c1-4-35-30-15-9-22(29(34-38-21(3)36)19-39-25-13-11-24(33)12-14-25)17-27(30)28-18-23(10-16-31(28)35)32(37)26-8-6-5-7-20(26)2/h5-18H,4,19H2,1-3H3/b34-29+. The largest absolute Gasteiger partial charge is 0.341 e. The highest BCUT2D eigenvalue weighted by Crippen LogP contribution is 2.32. The molecule has 0 aliphatic heterocycles. The molecule has 0 bridgehead atoms. The summed E-state index contributed by atoms with van der Waals surface area (Å²) in [5, 5.41) is 6.87. The molecular weight excluding hydrogens is 528 g/mol. The maximum atomic E-state index is 13.4. The normalized spacial score (nSPS) is 11.7. The van der Waals surface area contributed by atoms with E-state index < -0.39 is 5.97 Å². The monoisotopic (exact) mass is 554 g/mol. The predicted molar refractivity (Wildman–Crippen MR) is 160 cm³/mol. The Morgan fingerprint density at radius 1 is 0.897 bits per heavy atom. The molecule has 0 saturated carbocycles. The van der Waals surface area contributed by atoms with Crippen molar-refractivity contribution in [3.63, 3.8) is 0 Å². The number of thioether (sulfide) groups is 1. The van der Waals surface area contributed by atoms with Crippen LogP contribution in [0.4, 0.5) is 0 Å². The minimum Gasteiger partial charge on any atom is -0.341 e. The third-order valence-electron chi connectivity index (χ3n) is 6.64. The van der Waals surface area contributed by atoms with Gasteiger partial charge in [-0.3, -0.25) is 4.79 Å². The van der Waals surface area contributed by atoms with Crippen molar-refractivity contribution < 1.29 is 14.4 Å². The van der Waals surface area contributed by atoms with Gasteiger partial charge in [0.05, 0.1) is 5.71 Å². The van der Waals surface area contributed by atoms with Gasteiger partial charge in [-0.15, -0.1) is 11.8 Å². The van der Waals surface area contributed by atoms with Crippen molar-refractivity contribution >= 4 is 62.6 Å². The lowest BCUT2D eigenvalue weighted by Gasteiger charge is -2.08. The number of halogens is 1. The Bertz CT molecular complexity index is 1740. The summed E-state index contributed by atoms with van der Waals surface area (Å²) in [7, 11) is 0. The highest BCUT2D eigenvalue weighted by molar-refractivity contribution is 8.00. The van der Waals surface area contributed by atoms with Gasteiger partial charge in [-0.05, 0) is 74.0 Å². The first kappa shape index (κ1) is 26.7. The predicted octanol–water partition coefficient (Wildman–Crippen LogP) is 8.07. The molecule has 0 aliphatic rings. The summed E-state index contributed by atoms with van der Waals surface area (Å²) in [6.45, 7) is 6.17. The first-order chi connectivity index (χ1) is 18.9. The average Bonchev–Trinajstić information content (AvgIpc) is 3.26. The van der Waals surface area contributed by atoms with Gasteiger partial charge in [0.1, 0.15) is 0 Å². The van der Waals surface area contributed by atoms with E-state index in [1.54, 1.807) is 11.8 Å². The van der Waals surface area contributed by atoms with Crippen LogP contribution in [-0.2, 0) is 16.2 Å². The minimum atomic E-state index is -0.480. The van der Waals surface area contributed by atoms with Crippen LogP contribution in [0.1, 0.15) is 40.9 Å².